The lowest BCUT2D eigenvalue weighted by Gasteiger charge is -2.26. The maximum absolute atomic E-state index is 13.1. The number of para-hydroxylation sites is 1. The van der Waals surface area contributed by atoms with E-state index in [4.69, 9.17) is 9.15 Å². The van der Waals surface area contributed by atoms with Crippen molar-refractivity contribution in [1.29, 1.82) is 0 Å². The Morgan fingerprint density at radius 3 is 2.67 bits per heavy atom. The third-order valence-corrected chi connectivity index (χ3v) is 4.92. The number of rotatable bonds is 4. The van der Waals surface area contributed by atoms with Crippen LogP contribution in [0.15, 0.2) is 59.0 Å². The first-order chi connectivity index (χ1) is 13.2. The normalized spacial score (nSPS) is 14.4. The number of furan rings is 1. The molecule has 5 heteroatoms. The van der Waals surface area contributed by atoms with Crippen LogP contribution in [-0.2, 0) is 11.3 Å². The molecular weight excluding hydrogens is 342 g/mol. The van der Waals surface area contributed by atoms with E-state index in [-0.39, 0.29) is 11.7 Å². The molecule has 1 amide bonds. The molecule has 5 nitrogen and oxygen atoms in total. The Morgan fingerprint density at radius 2 is 1.96 bits per heavy atom. The second-order valence-electron chi connectivity index (χ2n) is 6.62. The zero-order valence-corrected chi connectivity index (χ0v) is 15.1. The minimum absolute atomic E-state index is 0.112. The molecule has 0 fully saturated rings. The van der Waals surface area contributed by atoms with E-state index in [1.807, 2.05) is 36.4 Å². The van der Waals surface area contributed by atoms with Crippen LogP contribution in [0.25, 0.3) is 16.5 Å². The van der Waals surface area contributed by atoms with Crippen LogP contribution in [0.1, 0.15) is 28.1 Å². The molecule has 4 rings (SSSR count). The summed E-state index contributed by atoms with van der Waals surface area (Å²) >= 11 is 0. The van der Waals surface area contributed by atoms with E-state index in [1.165, 1.54) is 5.57 Å². The quantitative estimate of drug-likeness (QED) is 0.754. The molecule has 0 aliphatic carbocycles. The number of benzene rings is 2. The van der Waals surface area contributed by atoms with Gasteiger partial charge in [-0.05, 0) is 35.8 Å². The van der Waals surface area contributed by atoms with E-state index in [2.05, 4.69) is 6.08 Å². The number of fused-ring (bicyclic) bond motifs is 1. The summed E-state index contributed by atoms with van der Waals surface area (Å²) in [4.78, 5) is 14.9. The van der Waals surface area contributed by atoms with Crippen LogP contribution in [0.2, 0.25) is 0 Å². The number of ether oxygens (including phenoxy) is 1. The van der Waals surface area contributed by atoms with Gasteiger partial charge in [0.1, 0.15) is 11.3 Å². The van der Waals surface area contributed by atoms with E-state index in [1.54, 1.807) is 24.1 Å². The molecule has 1 aliphatic heterocycles. The molecule has 2 heterocycles. The number of carbonyl (C=O) groups excluding carboxylic acids is 1. The molecule has 0 unspecified atom stereocenters. The van der Waals surface area contributed by atoms with Crippen LogP contribution in [0.5, 0.6) is 5.75 Å². The predicted molar refractivity (Wildman–Crippen MR) is 104 cm³/mol. The van der Waals surface area contributed by atoms with E-state index in [0.29, 0.717) is 31.0 Å². The first-order valence-corrected chi connectivity index (χ1v) is 8.94. The SMILES string of the molecule is COCc1c(C(=O)N2CC=C(c3ccc(O)cc3)CC2)oc2ccccc12. The number of phenolic OH excluding ortho intramolecular Hbond substituents is 1. The molecule has 0 bridgehead atoms. The summed E-state index contributed by atoms with van der Waals surface area (Å²) in [6.07, 6.45) is 2.82. The summed E-state index contributed by atoms with van der Waals surface area (Å²) in [7, 11) is 1.61. The highest BCUT2D eigenvalue weighted by Crippen LogP contribution is 2.29. The van der Waals surface area contributed by atoms with Gasteiger partial charge in [0.25, 0.3) is 5.91 Å². The average Bonchev–Trinajstić information content (AvgIpc) is 3.07. The van der Waals surface area contributed by atoms with Gasteiger partial charge in [0.2, 0.25) is 0 Å². The predicted octanol–water partition coefficient (Wildman–Crippen LogP) is 4.21. The molecule has 0 atom stereocenters. The van der Waals surface area contributed by atoms with Crippen LogP contribution in [-0.4, -0.2) is 36.1 Å². The van der Waals surface area contributed by atoms with Crippen molar-refractivity contribution in [3.8, 4) is 5.75 Å². The number of methoxy groups -OCH3 is 1. The molecule has 0 saturated heterocycles. The Kier molecular flexibility index (Phi) is 4.69. The highest BCUT2D eigenvalue weighted by molar-refractivity contribution is 5.99. The number of aromatic hydroxyl groups is 1. The van der Waals surface area contributed by atoms with E-state index in [0.717, 1.165) is 22.9 Å². The van der Waals surface area contributed by atoms with Gasteiger partial charge in [0.05, 0.1) is 6.61 Å². The highest BCUT2D eigenvalue weighted by atomic mass is 16.5. The topological polar surface area (TPSA) is 62.9 Å². The van der Waals surface area contributed by atoms with Gasteiger partial charge in [-0.2, -0.15) is 0 Å². The Hall–Kier alpha value is -3.05. The minimum Gasteiger partial charge on any atom is -0.508 e. The number of hydrogen-bond donors (Lipinski definition) is 1. The third-order valence-electron chi connectivity index (χ3n) is 4.92. The molecule has 1 aromatic heterocycles. The van der Waals surface area contributed by atoms with Crippen LogP contribution in [0.3, 0.4) is 0 Å². The lowest BCUT2D eigenvalue weighted by molar-refractivity contribution is 0.0737. The number of phenols is 1. The van der Waals surface area contributed by atoms with Gasteiger partial charge in [0.15, 0.2) is 5.76 Å². The Morgan fingerprint density at radius 1 is 1.19 bits per heavy atom. The fraction of sp³-hybridized carbons (Fsp3) is 0.227. The summed E-state index contributed by atoms with van der Waals surface area (Å²) in [5, 5.41) is 10.3. The average molecular weight is 363 g/mol. The van der Waals surface area contributed by atoms with Crippen LogP contribution in [0, 0.1) is 0 Å². The largest absolute Gasteiger partial charge is 0.508 e. The smallest absolute Gasteiger partial charge is 0.290 e. The van der Waals surface area contributed by atoms with Crippen molar-refractivity contribution in [1.82, 2.24) is 4.90 Å². The monoisotopic (exact) mass is 363 g/mol. The second kappa shape index (κ2) is 7.29. The maximum Gasteiger partial charge on any atom is 0.290 e. The summed E-state index contributed by atoms with van der Waals surface area (Å²) in [6, 6.07) is 14.8. The number of hydrogen-bond acceptors (Lipinski definition) is 4. The number of carbonyl (C=O) groups is 1. The van der Waals surface area contributed by atoms with Gasteiger partial charge in [0, 0.05) is 31.1 Å². The van der Waals surface area contributed by atoms with Gasteiger partial charge >= 0.3 is 0 Å². The van der Waals surface area contributed by atoms with Crippen molar-refractivity contribution in [2.45, 2.75) is 13.0 Å². The van der Waals surface area contributed by atoms with Gasteiger partial charge in [-0.25, -0.2) is 0 Å². The lowest BCUT2D eigenvalue weighted by atomic mass is 9.99. The summed E-state index contributed by atoms with van der Waals surface area (Å²) in [5.41, 5.74) is 3.75. The summed E-state index contributed by atoms with van der Waals surface area (Å²) in [6.45, 7) is 1.48. The maximum atomic E-state index is 13.1. The minimum atomic E-state index is -0.112. The highest BCUT2D eigenvalue weighted by Gasteiger charge is 2.26. The first-order valence-electron chi connectivity index (χ1n) is 8.94. The molecule has 27 heavy (non-hydrogen) atoms. The number of nitrogens with zero attached hydrogens (tertiary/aromatic N) is 1. The van der Waals surface area contributed by atoms with Crippen molar-refractivity contribution in [2.24, 2.45) is 0 Å². The lowest BCUT2D eigenvalue weighted by Crippen LogP contribution is -2.35. The first kappa shape index (κ1) is 17.4. The number of amides is 1. The Balaban J connectivity index is 1.58. The van der Waals surface area contributed by atoms with Crippen molar-refractivity contribution in [3.05, 3.63) is 71.5 Å². The molecule has 0 saturated carbocycles. The Bertz CT molecular complexity index is 1000. The molecular formula is C22H21NO4. The molecule has 138 valence electrons. The summed E-state index contributed by atoms with van der Waals surface area (Å²) < 4.78 is 11.2. The molecule has 2 aromatic carbocycles. The standard InChI is InChI=1S/C22H21NO4/c1-26-14-19-18-4-2-3-5-20(18)27-21(19)22(25)23-12-10-16(11-13-23)15-6-8-17(24)9-7-15/h2-10,24H,11-14H2,1H3. The van der Waals surface area contributed by atoms with Crippen LogP contribution in [0.4, 0.5) is 0 Å². The molecule has 1 N–H and O–H groups in total. The second-order valence-corrected chi connectivity index (χ2v) is 6.62. The van der Waals surface area contributed by atoms with Gasteiger partial charge in [-0.1, -0.05) is 36.4 Å². The Labute approximate surface area is 157 Å². The van der Waals surface area contributed by atoms with Crippen molar-refractivity contribution in [2.75, 3.05) is 20.2 Å². The molecule has 0 radical (unpaired) electrons. The van der Waals surface area contributed by atoms with Crippen molar-refractivity contribution >= 4 is 22.4 Å². The van der Waals surface area contributed by atoms with Crippen molar-refractivity contribution < 1.29 is 19.1 Å². The third kappa shape index (κ3) is 3.34. The van der Waals surface area contributed by atoms with E-state index < -0.39 is 0 Å². The fourth-order valence-electron chi connectivity index (χ4n) is 3.49. The molecule has 0 spiro atoms. The molecule has 1 aliphatic rings. The zero-order chi connectivity index (χ0) is 18.8. The summed E-state index contributed by atoms with van der Waals surface area (Å²) in [5.74, 6) is 0.501. The van der Waals surface area contributed by atoms with E-state index >= 15 is 0 Å². The van der Waals surface area contributed by atoms with Crippen molar-refractivity contribution in [3.63, 3.8) is 0 Å². The van der Waals surface area contributed by atoms with Gasteiger partial charge in [-0.15, -0.1) is 0 Å². The van der Waals surface area contributed by atoms with Crippen LogP contribution < -0.4 is 0 Å². The van der Waals surface area contributed by atoms with Gasteiger partial charge in [-0.3, -0.25) is 4.79 Å². The molecule has 3 aromatic rings. The fourth-order valence-corrected chi connectivity index (χ4v) is 3.49. The van der Waals surface area contributed by atoms with Crippen LogP contribution >= 0.6 is 0 Å². The van der Waals surface area contributed by atoms with Gasteiger partial charge < -0.3 is 19.2 Å². The zero-order valence-electron chi connectivity index (χ0n) is 15.1. The van der Waals surface area contributed by atoms with E-state index in [9.17, 15) is 9.90 Å².